The number of hydrogen-bond donors (Lipinski definition) is 0. The number of rotatable bonds is 5. The molecule has 2 amide bonds. The van der Waals surface area contributed by atoms with Gasteiger partial charge in [0, 0.05) is 37.8 Å². The Morgan fingerprint density at radius 3 is 2.27 bits per heavy atom. The molecule has 3 rings (SSSR count). The summed E-state index contributed by atoms with van der Waals surface area (Å²) in [6, 6.07) is 9.60. The number of nitrogens with zero attached hydrogens (tertiary/aromatic N) is 4. The lowest BCUT2D eigenvalue weighted by molar-refractivity contribution is -0.136. The maximum atomic E-state index is 13.0. The van der Waals surface area contributed by atoms with Crippen LogP contribution >= 0.6 is 0 Å². The Hall–Kier alpha value is -3.36. The third-order valence-corrected chi connectivity index (χ3v) is 5.05. The summed E-state index contributed by atoms with van der Waals surface area (Å²) in [5.41, 5.74) is 1.05. The standard InChI is InChI=1S/C21H26N4O5/c1-4-30-21(28)24-13-11-23(12-14-24)20(27)15(2)25-19(26)10-9-18(22-25)16-5-7-17(29-3)8-6-16/h5-10,15H,4,11-14H2,1-3H3. The third-order valence-electron chi connectivity index (χ3n) is 5.05. The van der Waals surface area contributed by atoms with Crippen molar-refractivity contribution in [2.24, 2.45) is 0 Å². The summed E-state index contributed by atoms with van der Waals surface area (Å²) in [5, 5.41) is 4.41. The van der Waals surface area contributed by atoms with Crippen molar-refractivity contribution in [1.29, 1.82) is 0 Å². The van der Waals surface area contributed by atoms with Gasteiger partial charge >= 0.3 is 6.09 Å². The van der Waals surface area contributed by atoms with Crippen molar-refractivity contribution in [3.8, 4) is 17.0 Å². The maximum Gasteiger partial charge on any atom is 0.409 e. The molecule has 9 nitrogen and oxygen atoms in total. The van der Waals surface area contributed by atoms with Crippen molar-refractivity contribution in [3.63, 3.8) is 0 Å². The minimum atomic E-state index is -0.759. The van der Waals surface area contributed by atoms with Crippen LogP contribution in [0.4, 0.5) is 4.79 Å². The zero-order chi connectivity index (χ0) is 21.7. The summed E-state index contributed by atoms with van der Waals surface area (Å²) < 4.78 is 11.4. The van der Waals surface area contributed by atoms with Crippen LogP contribution in [-0.2, 0) is 9.53 Å². The van der Waals surface area contributed by atoms with Crippen molar-refractivity contribution in [3.05, 3.63) is 46.8 Å². The minimum absolute atomic E-state index is 0.208. The highest BCUT2D eigenvalue weighted by Gasteiger charge is 2.29. The van der Waals surface area contributed by atoms with Crippen LogP contribution in [0.2, 0.25) is 0 Å². The molecular formula is C21H26N4O5. The summed E-state index contributed by atoms with van der Waals surface area (Å²) in [7, 11) is 1.59. The lowest BCUT2D eigenvalue weighted by Gasteiger charge is -2.35. The van der Waals surface area contributed by atoms with Crippen molar-refractivity contribution in [2.45, 2.75) is 19.9 Å². The number of carbonyl (C=O) groups excluding carboxylic acids is 2. The van der Waals surface area contributed by atoms with Crippen LogP contribution in [0.1, 0.15) is 19.9 Å². The van der Waals surface area contributed by atoms with Crippen LogP contribution in [-0.4, -0.2) is 71.5 Å². The molecule has 0 saturated carbocycles. The van der Waals surface area contributed by atoms with E-state index in [0.29, 0.717) is 38.5 Å². The van der Waals surface area contributed by atoms with Gasteiger partial charge < -0.3 is 19.3 Å². The van der Waals surface area contributed by atoms with Crippen molar-refractivity contribution >= 4 is 12.0 Å². The van der Waals surface area contributed by atoms with Crippen LogP contribution < -0.4 is 10.3 Å². The Morgan fingerprint density at radius 1 is 1.03 bits per heavy atom. The molecule has 1 aliphatic rings. The van der Waals surface area contributed by atoms with E-state index in [-0.39, 0.29) is 17.6 Å². The normalized spacial score (nSPS) is 14.9. The van der Waals surface area contributed by atoms with Crippen molar-refractivity contribution in [1.82, 2.24) is 19.6 Å². The quantitative estimate of drug-likeness (QED) is 0.740. The highest BCUT2D eigenvalue weighted by atomic mass is 16.6. The Morgan fingerprint density at radius 2 is 1.67 bits per heavy atom. The molecule has 1 unspecified atom stereocenters. The molecule has 0 aliphatic carbocycles. The molecule has 1 atom stereocenters. The average molecular weight is 414 g/mol. The second-order valence-corrected chi connectivity index (χ2v) is 6.92. The first-order valence-corrected chi connectivity index (χ1v) is 9.89. The largest absolute Gasteiger partial charge is 0.497 e. The highest BCUT2D eigenvalue weighted by molar-refractivity contribution is 5.80. The Labute approximate surface area is 174 Å². The van der Waals surface area contributed by atoms with Crippen LogP contribution in [0.5, 0.6) is 5.75 Å². The Balaban J connectivity index is 1.73. The lowest BCUT2D eigenvalue weighted by Crippen LogP contribution is -2.52. The molecule has 1 aromatic heterocycles. The van der Waals surface area contributed by atoms with Crippen LogP contribution in [0, 0.1) is 0 Å². The van der Waals surface area contributed by atoms with Gasteiger partial charge in [0.05, 0.1) is 19.4 Å². The molecule has 9 heteroatoms. The molecule has 1 fully saturated rings. The number of hydrogen-bond acceptors (Lipinski definition) is 6. The molecule has 1 aliphatic heterocycles. The summed E-state index contributed by atoms with van der Waals surface area (Å²) >= 11 is 0. The number of piperazine rings is 1. The first kappa shape index (κ1) is 21.4. The highest BCUT2D eigenvalue weighted by Crippen LogP contribution is 2.20. The average Bonchev–Trinajstić information content (AvgIpc) is 2.79. The maximum absolute atomic E-state index is 13.0. The molecule has 1 aromatic carbocycles. The van der Waals surface area contributed by atoms with Gasteiger partial charge in [-0.15, -0.1) is 0 Å². The van der Waals surface area contributed by atoms with Gasteiger partial charge in [-0.3, -0.25) is 9.59 Å². The lowest BCUT2D eigenvalue weighted by atomic mass is 10.1. The molecule has 2 heterocycles. The van der Waals surface area contributed by atoms with E-state index in [0.717, 1.165) is 11.3 Å². The van der Waals surface area contributed by atoms with Gasteiger partial charge in [0.15, 0.2) is 0 Å². The van der Waals surface area contributed by atoms with Gasteiger partial charge in [-0.2, -0.15) is 5.10 Å². The van der Waals surface area contributed by atoms with E-state index in [2.05, 4.69) is 5.10 Å². The predicted molar refractivity (Wildman–Crippen MR) is 110 cm³/mol. The van der Waals surface area contributed by atoms with Gasteiger partial charge in [0.2, 0.25) is 5.91 Å². The minimum Gasteiger partial charge on any atom is -0.497 e. The van der Waals surface area contributed by atoms with Gasteiger partial charge in [-0.25, -0.2) is 9.48 Å². The molecule has 1 saturated heterocycles. The number of carbonyl (C=O) groups is 2. The first-order chi connectivity index (χ1) is 14.4. The van der Waals surface area contributed by atoms with Crippen LogP contribution in [0.25, 0.3) is 11.3 Å². The molecule has 30 heavy (non-hydrogen) atoms. The van der Waals surface area contributed by atoms with E-state index >= 15 is 0 Å². The second-order valence-electron chi connectivity index (χ2n) is 6.92. The fourth-order valence-corrected chi connectivity index (χ4v) is 3.31. The molecule has 0 radical (unpaired) electrons. The zero-order valence-corrected chi connectivity index (χ0v) is 17.4. The molecule has 0 N–H and O–H groups in total. The monoisotopic (exact) mass is 414 g/mol. The van der Waals surface area contributed by atoms with Crippen LogP contribution in [0.3, 0.4) is 0 Å². The van der Waals surface area contributed by atoms with Gasteiger partial charge in [0.25, 0.3) is 5.56 Å². The fraction of sp³-hybridized carbons (Fsp3) is 0.429. The SMILES string of the molecule is CCOC(=O)N1CCN(C(=O)C(C)n2nc(-c3ccc(OC)cc3)ccc2=O)CC1. The number of benzene rings is 1. The number of ether oxygens (including phenoxy) is 2. The summed E-state index contributed by atoms with van der Waals surface area (Å²) in [6.45, 7) is 5.28. The second kappa shape index (κ2) is 9.43. The van der Waals surface area contributed by atoms with E-state index in [9.17, 15) is 14.4 Å². The summed E-state index contributed by atoms with van der Waals surface area (Å²) in [5.74, 6) is 0.512. The predicted octanol–water partition coefficient (Wildman–Crippen LogP) is 1.78. The third kappa shape index (κ3) is 4.61. The summed E-state index contributed by atoms with van der Waals surface area (Å²) in [6.07, 6.45) is -0.372. The van der Waals surface area contributed by atoms with Gasteiger partial charge in [-0.05, 0) is 44.2 Å². The van der Waals surface area contributed by atoms with Gasteiger partial charge in [-0.1, -0.05) is 0 Å². The smallest absolute Gasteiger partial charge is 0.409 e. The molecule has 0 spiro atoms. The Kier molecular flexibility index (Phi) is 6.71. The number of aromatic nitrogens is 2. The van der Waals surface area contributed by atoms with E-state index in [4.69, 9.17) is 9.47 Å². The van der Waals surface area contributed by atoms with E-state index in [1.807, 2.05) is 24.3 Å². The molecule has 160 valence electrons. The zero-order valence-electron chi connectivity index (χ0n) is 17.4. The number of amides is 2. The first-order valence-electron chi connectivity index (χ1n) is 9.89. The topological polar surface area (TPSA) is 94.0 Å². The van der Waals surface area contributed by atoms with E-state index < -0.39 is 6.04 Å². The Bertz CT molecular complexity index is 949. The van der Waals surface area contributed by atoms with Crippen LogP contribution in [0.15, 0.2) is 41.2 Å². The van der Waals surface area contributed by atoms with E-state index in [1.165, 1.54) is 10.7 Å². The van der Waals surface area contributed by atoms with Crippen molar-refractivity contribution in [2.75, 3.05) is 39.9 Å². The van der Waals surface area contributed by atoms with Crippen molar-refractivity contribution < 1.29 is 19.1 Å². The van der Waals surface area contributed by atoms with E-state index in [1.54, 1.807) is 36.8 Å². The van der Waals surface area contributed by atoms with Gasteiger partial charge in [0.1, 0.15) is 11.8 Å². The molecular weight excluding hydrogens is 388 g/mol. The fourth-order valence-electron chi connectivity index (χ4n) is 3.31. The molecule has 2 aromatic rings. The summed E-state index contributed by atoms with van der Waals surface area (Å²) in [4.78, 5) is 40.4. The molecule has 0 bridgehead atoms. The number of methoxy groups -OCH3 is 1.